The van der Waals surface area contributed by atoms with Crippen molar-refractivity contribution in [2.75, 3.05) is 6.54 Å². The van der Waals surface area contributed by atoms with Gasteiger partial charge >= 0.3 is 12.1 Å². The third-order valence-corrected chi connectivity index (χ3v) is 5.73. The molecule has 1 aromatic carbocycles. The molecule has 1 aromatic heterocycles. The van der Waals surface area contributed by atoms with Crippen LogP contribution in [0.3, 0.4) is 0 Å². The highest BCUT2D eigenvalue weighted by atomic mass is 32.1. The number of nitrogens with zero attached hydrogens (tertiary/aromatic N) is 1. The van der Waals surface area contributed by atoms with Gasteiger partial charge in [-0.3, -0.25) is 4.79 Å². The van der Waals surface area contributed by atoms with Crippen molar-refractivity contribution in [2.45, 2.75) is 57.7 Å². The summed E-state index contributed by atoms with van der Waals surface area (Å²) in [5, 5.41) is 13.8. The maximum absolute atomic E-state index is 14.3. The molecule has 1 aliphatic rings. The van der Waals surface area contributed by atoms with Crippen molar-refractivity contribution in [2.24, 2.45) is 0 Å². The van der Waals surface area contributed by atoms with Crippen LogP contribution in [0.15, 0.2) is 6.07 Å². The first-order valence-electron chi connectivity index (χ1n) is 10.8. The highest BCUT2D eigenvalue weighted by Gasteiger charge is 2.34. The Morgan fingerprint density at radius 2 is 1.83 bits per heavy atom. The lowest BCUT2D eigenvalue weighted by Crippen LogP contribution is -2.49. The number of rotatable bonds is 7. The van der Waals surface area contributed by atoms with E-state index in [-0.39, 0.29) is 30.2 Å². The SMILES string of the molecule is CC(C)(C)OC(=O)N[C@@H](CNC(=O)Cc1[nH]c(=S)n2c1C[C@H](c1c(F)c(F)cc(F)c1F)C2)C(=O)O. The van der Waals surface area contributed by atoms with Crippen LogP contribution in [0, 0.1) is 28.0 Å². The summed E-state index contributed by atoms with van der Waals surface area (Å²) in [5.74, 6) is -9.01. The number of ether oxygens (including phenoxy) is 1. The molecule has 0 aliphatic carbocycles. The van der Waals surface area contributed by atoms with Gasteiger partial charge in [0, 0.05) is 42.0 Å². The van der Waals surface area contributed by atoms with Gasteiger partial charge < -0.3 is 30.0 Å². The minimum absolute atomic E-state index is 0.0512. The van der Waals surface area contributed by atoms with Crippen LogP contribution in [-0.4, -0.2) is 50.8 Å². The quantitative estimate of drug-likeness (QED) is 0.247. The second-order valence-corrected chi connectivity index (χ2v) is 9.65. The van der Waals surface area contributed by atoms with Crippen LogP contribution < -0.4 is 10.6 Å². The van der Waals surface area contributed by atoms with Gasteiger partial charge in [0.25, 0.3) is 0 Å². The Kier molecular flexibility index (Phi) is 7.76. The van der Waals surface area contributed by atoms with E-state index in [4.69, 9.17) is 17.0 Å². The second kappa shape index (κ2) is 10.3. The topological polar surface area (TPSA) is 125 Å². The molecule has 36 heavy (non-hydrogen) atoms. The zero-order valence-corrected chi connectivity index (χ0v) is 20.3. The maximum Gasteiger partial charge on any atom is 0.408 e. The van der Waals surface area contributed by atoms with Crippen LogP contribution in [0.4, 0.5) is 22.4 Å². The summed E-state index contributed by atoms with van der Waals surface area (Å²) in [4.78, 5) is 38.6. The van der Waals surface area contributed by atoms with Gasteiger partial charge in [0.1, 0.15) is 11.6 Å². The summed E-state index contributed by atoms with van der Waals surface area (Å²) in [7, 11) is 0. The average molecular weight is 533 g/mol. The monoisotopic (exact) mass is 532 g/mol. The van der Waals surface area contributed by atoms with Gasteiger partial charge in [0.2, 0.25) is 5.91 Å². The summed E-state index contributed by atoms with van der Waals surface area (Å²) in [6.07, 6.45) is -1.33. The molecule has 0 radical (unpaired) electrons. The number of fused-ring (bicyclic) bond motifs is 1. The largest absolute Gasteiger partial charge is 0.480 e. The van der Waals surface area contributed by atoms with E-state index in [1.807, 2.05) is 0 Å². The molecular weight excluding hydrogens is 508 g/mol. The number of nitrogens with one attached hydrogen (secondary N) is 3. The zero-order valence-electron chi connectivity index (χ0n) is 19.5. The van der Waals surface area contributed by atoms with Gasteiger partial charge in [-0.25, -0.2) is 27.2 Å². The number of alkyl carbamates (subject to hydrolysis) is 1. The number of H-pyrrole nitrogens is 1. The average Bonchev–Trinajstić information content (AvgIpc) is 3.29. The van der Waals surface area contributed by atoms with Crippen molar-refractivity contribution < 1.29 is 41.8 Å². The molecule has 3 rings (SSSR count). The van der Waals surface area contributed by atoms with E-state index in [9.17, 15) is 37.1 Å². The fourth-order valence-electron chi connectivity index (χ4n) is 3.88. The third-order valence-electron chi connectivity index (χ3n) is 5.40. The second-order valence-electron chi connectivity index (χ2n) is 9.27. The van der Waals surface area contributed by atoms with Gasteiger partial charge in [-0.2, -0.15) is 0 Å². The summed E-state index contributed by atoms with van der Waals surface area (Å²) in [5.41, 5.74) is -0.876. The van der Waals surface area contributed by atoms with Crippen LogP contribution in [0.1, 0.15) is 43.6 Å². The number of aromatic nitrogens is 2. The number of carboxylic acids is 1. The normalized spacial score (nSPS) is 15.8. The summed E-state index contributed by atoms with van der Waals surface area (Å²) >= 11 is 5.20. The molecule has 196 valence electrons. The Balaban J connectivity index is 1.68. The van der Waals surface area contributed by atoms with E-state index in [1.54, 1.807) is 20.8 Å². The Labute approximate surface area is 207 Å². The highest BCUT2D eigenvalue weighted by molar-refractivity contribution is 7.71. The van der Waals surface area contributed by atoms with Gasteiger partial charge in [-0.15, -0.1) is 0 Å². The fourth-order valence-corrected chi connectivity index (χ4v) is 4.19. The molecular formula is C22H24F4N4O5S. The summed E-state index contributed by atoms with van der Waals surface area (Å²) in [6.45, 7) is 4.28. The first-order chi connectivity index (χ1) is 16.7. The van der Waals surface area contributed by atoms with Gasteiger partial charge in [0.15, 0.2) is 28.0 Å². The van der Waals surface area contributed by atoms with E-state index < -0.39 is 70.9 Å². The van der Waals surface area contributed by atoms with Crippen LogP contribution in [-0.2, 0) is 33.7 Å². The first kappa shape index (κ1) is 27.2. The molecule has 0 saturated carbocycles. The molecule has 0 saturated heterocycles. The Morgan fingerprint density at radius 3 is 2.39 bits per heavy atom. The molecule has 2 amide bonds. The first-order valence-corrected chi connectivity index (χ1v) is 11.2. The van der Waals surface area contributed by atoms with Crippen LogP contribution in [0.5, 0.6) is 0 Å². The molecule has 2 heterocycles. The molecule has 2 aromatic rings. The van der Waals surface area contributed by atoms with E-state index in [0.717, 1.165) is 0 Å². The Hall–Kier alpha value is -3.42. The standard InChI is InChI=1S/C22H24F4N4O5S/c1-22(2,3)35-21(34)29-13(19(32)33)7-27-15(31)6-12-14-4-9(8-30(14)20(36)28-12)16-17(25)10(23)5-11(24)18(16)26/h5,9,13H,4,6-8H2,1-3H3,(H,27,31)(H,28,36)(H,29,34)(H,32,33)/t9-,13-/m0/s1. The summed E-state index contributed by atoms with van der Waals surface area (Å²) < 4.78 is 62.6. The zero-order chi connectivity index (χ0) is 26.9. The van der Waals surface area contributed by atoms with Crippen molar-refractivity contribution in [3.8, 4) is 0 Å². The van der Waals surface area contributed by atoms with Crippen LogP contribution >= 0.6 is 12.2 Å². The molecule has 14 heteroatoms. The van der Waals surface area contributed by atoms with E-state index in [1.165, 1.54) is 4.57 Å². The van der Waals surface area contributed by atoms with Gasteiger partial charge in [-0.1, -0.05) is 0 Å². The number of carbonyl (C=O) groups is 3. The fraction of sp³-hybridized carbons (Fsp3) is 0.455. The minimum Gasteiger partial charge on any atom is -0.480 e. The lowest BCUT2D eigenvalue weighted by atomic mass is 9.94. The smallest absolute Gasteiger partial charge is 0.408 e. The van der Waals surface area contributed by atoms with Crippen molar-refractivity contribution >= 4 is 30.2 Å². The molecule has 0 unspecified atom stereocenters. The van der Waals surface area contributed by atoms with Crippen LogP contribution in [0.2, 0.25) is 0 Å². The molecule has 0 bridgehead atoms. The predicted molar refractivity (Wildman–Crippen MR) is 120 cm³/mol. The molecule has 2 atom stereocenters. The van der Waals surface area contributed by atoms with Crippen LogP contribution in [0.25, 0.3) is 0 Å². The maximum atomic E-state index is 14.3. The predicted octanol–water partition coefficient (Wildman–Crippen LogP) is 3.08. The Morgan fingerprint density at radius 1 is 1.22 bits per heavy atom. The number of carbonyl (C=O) groups excluding carboxylic acids is 2. The minimum atomic E-state index is -1.52. The number of hydrogen-bond donors (Lipinski definition) is 4. The number of amides is 2. The lowest BCUT2D eigenvalue weighted by Gasteiger charge is -2.22. The third kappa shape index (κ3) is 6.04. The van der Waals surface area contributed by atoms with Crippen molar-refractivity contribution in [1.29, 1.82) is 0 Å². The number of aliphatic carboxylic acids is 1. The lowest BCUT2D eigenvalue weighted by molar-refractivity contribution is -0.139. The number of hydrogen-bond acceptors (Lipinski definition) is 5. The van der Waals surface area contributed by atoms with Gasteiger partial charge in [-0.05, 0) is 39.4 Å². The number of halogens is 4. The molecule has 9 nitrogen and oxygen atoms in total. The number of benzene rings is 1. The number of aromatic amines is 1. The van der Waals surface area contributed by atoms with E-state index in [0.29, 0.717) is 11.4 Å². The number of carboxylic acid groups (broad SMARTS) is 1. The summed E-state index contributed by atoms with van der Waals surface area (Å²) in [6, 6.07) is -1.34. The highest BCUT2D eigenvalue weighted by Crippen LogP contribution is 2.36. The van der Waals surface area contributed by atoms with E-state index >= 15 is 0 Å². The van der Waals surface area contributed by atoms with Crippen molar-refractivity contribution in [3.63, 3.8) is 0 Å². The molecule has 0 fully saturated rings. The van der Waals surface area contributed by atoms with E-state index in [2.05, 4.69) is 15.6 Å². The molecule has 4 N–H and O–H groups in total. The van der Waals surface area contributed by atoms with Crippen molar-refractivity contribution in [3.05, 3.63) is 51.1 Å². The molecule has 0 spiro atoms. The Bertz CT molecular complexity index is 1240. The van der Waals surface area contributed by atoms with Gasteiger partial charge in [0.05, 0.1) is 6.42 Å². The van der Waals surface area contributed by atoms with Crippen molar-refractivity contribution in [1.82, 2.24) is 20.2 Å². The molecule has 1 aliphatic heterocycles. The number of imidazole rings is 1.